The van der Waals surface area contributed by atoms with Gasteiger partial charge in [0, 0.05) is 24.0 Å². The van der Waals surface area contributed by atoms with Crippen LogP contribution in [0.1, 0.15) is 31.2 Å². The number of nitrogens with zero attached hydrogens (tertiary/aromatic N) is 2. The first-order valence-corrected chi connectivity index (χ1v) is 13.8. The maximum Gasteiger partial charge on any atom is 0.249 e. The normalized spacial score (nSPS) is 23.5. The maximum absolute atomic E-state index is 13.6. The number of aliphatic hydroxyl groups is 1. The average Bonchev–Trinajstić information content (AvgIpc) is 3.39. The predicted molar refractivity (Wildman–Crippen MR) is 152 cm³/mol. The number of piperidine rings is 1. The van der Waals surface area contributed by atoms with Crippen molar-refractivity contribution in [2.45, 2.75) is 62.4 Å². The van der Waals surface area contributed by atoms with Crippen molar-refractivity contribution in [2.75, 3.05) is 18.4 Å². The second-order valence-electron chi connectivity index (χ2n) is 10.7. The number of amides is 3. The van der Waals surface area contributed by atoms with Gasteiger partial charge in [0.25, 0.3) is 0 Å². The monoisotopic (exact) mass is 544 g/mol. The highest BCUT2D eigenvalue weighted by molar-refractivity contribution is 5.99. The van der Waals surface area contributed by atoms with E-state index in [2.05, 4.69) is 20.9 Å². The Labute approximate surface area is 233 Å². The van der Waals surface area contributed by atoms with E-state index in [9.17, 15) is 19.5 Å². The van der Waals surface area contributed by atoms with Crippen LogP contribution in [-0.2, 0) is 20.8 Å². The van der Waals surface area contributed by atoms with Gasteiger partial charge < -0.3 is 31.7 Å². The van der Waals surface area contributed by atoms with E-state index in [0.29, 0.717) is 25.1 Å². The molecule has 10 heteroatoms. The molecule has 2 aliphatic rings. The number of aryl methyl sites for hydroxylation is 1. The van der Waals surface area contributed by atoms with Crippen LogP contribution in [0.15, 0.2) is 66.9 Å². The molecule has 1 aromatic heterocycles. The van der Waals surface area contributed by atoms with E-state index in [4.69, 9.17) is 5.73 Å². The molecular formula is C30H36N6O4. The quantitative estimate of drug-likeness (QED) is 0.287. The fourth-order valence-electron chi connectivity index (χ4n) is 5.51. The second kappa shape index (κ2) is 12.5. The van der Waals surface area contributed by atoms with Crippen LogP contribution in [0.3, 0.4) is 0 Å². The van der Waals surface area contributed by atoms with E-state index in [1.54, 1.807) is 6.20 Å². The first-order valence-electron chi connectivity index (χ1n) is 13.8. The highest BCUT2D eigenvalue weighted by atomic mass is 16.3. The van der Waals surface area contributed by atoms with Crippen LogP contribution in [-0.4, -0.2) is 76.1 Å². The highest BCUT2D eigenvalue weighted by Gasteiger charge is 2.43. The zero-order valence-corrected chi connectivity index (χ0v) is 22.3. The van der Waals surface area contributed by atoms with Crippen molar-refractivity contribution in [2.24, 2.45) is 5.73 Å². The van der Waals surface area contributed by atoms with Crippen molar-refractivity contribution < 1.29 is 19.5 Å². The summed E-state index contributed by atoms with van der Waals surface area (Å²) < 4.78 is 0. The minimum atomic E-state index is -1.20. The standard InChI is InChI=1S/C30H36N6O4/c31-21-12-13-32-25(15-21)30(40)36-18-23(35-29(39)27(37)11-10-19-6-2-1-3-7-19)16-26(36)28(38)34-22-14-20-8-4-5-9-24(20)33-17-22/h1-9,14,17,21,23,25-27,32,37H,10-13,15-16,18,31H2,(H,34,38)(H,35,39)/t21-,23-,25+,26+,27-/m1/s1. The third kappa shape index (κ3) is 6.64. The predicted octanol–water partition coefficient (Wildman–Crippen LogP) is 1.33. The highest BCUT2D eigenvalue weighted by Crippen LogP contribution is 2.24. The maximum atomic E-state index is 13.6. The average molecular weight is 545 g/mol. The van der Waals surface area contributed by atoms with E-state index in [-0.39, 0.29) is 37.2 Å². The lowest BCUT2D eigenvalue weighted by atomic mass is 9.99. The van der Waals surface area contributed by atoms with E-state index < -0.39 is 30.1 Å². The minimum absolute atomic E-state index is 0.0935. The summed E-state index contributed by atoms with van der Waals surface area (Å²) in [6, 6.07) is 17.2. The van der Waals surface area contributed by atoms with Gasteiger partial charge in [0.15, 0.2) is 0 Å². The zero-order valence-electron chi connectivity index (χ0n) is 22.3. The summed E-state index contributed by atoms with van der Waals surface area (Å²) in [5, 5.41) is 20.4. The van der Waals surface area contributed by atoms with E-state index in [1.165, 1.54) is 4.90 Å². The van der Waals surface area contributed by atoms with Crippen molar-refractivity contribution in [3.05, 3.63) is 72.4 Å². The van der Waals surface area contributed by atoms with Gasteiger partial charge in [0.2, 0.25) is 17.7 Å². The first-order chi connectivity index (χ1) is 19.4. The van der Waals surface area contributed by atoms with Crippen molar-refractivity contribution >= 4 is 34.3 Å². The number of rotatable bonds is 8. The molecule has 5 rings (SSSR count). The Balaban J connectivity index is 1.27. The third-order valence-electron chi connectivity index (χ3n) is 7.69. The number of carbonyl (C=O) groups is 3. The lowest BCUT2D eigenvalue weighted by molar-refractivity contribution is -0.139. The molecule has 2 fully saturated rings. The number of hydrogen-bond donors (Lipinski definition) is 5. The molecule has 6 N–H and O–H groups in total. The van der Waals surface area contributed by atoms with Crippen molar-refractivity contribution in [1.29, 1.82) is 0 Å². The van der Waals surface area contributed by atoms with E-state index in [0.717, 1.165) is 22.9 Å². The molecule has 0 saturated carbocycles. The number of benzene rings is 2. The Morgan fingerprint density at radius 1 is 1.10 bits per heavy atom. The molecule has 40 heavy (non-hydrogen) atoms. The van der Waals surface area contributed by atoms with Gasteiger partial charge in [0.05, 0.1) is 23.4 Å². The summed E-state index contributed by atoms with van der Waals surface area (Å²) >= 11 is 0. The number of para-hydroxylation sites is 1. The lowest BCUT2D eigenvalue weighted by Crippen LogP contribution is -2.55. The topological polar surface area (TPSA) is 150 Å². The summed E-state index contributed by atoms with van der Waals surface area (Å²) in [4.78, 5) is 45.8. The van der Waals surface area contributed by atoms with Crippen molar-refractivity contribution in [3.63, 3.8) is 0 Å². The molecular weight excluding hydrogens is 508 g/mol. The summed E-state index contributed by atoms with van der Waals surface area (Å²) in [6.45, 7) is 0.788. The minimum Gasteiger partial charge on any atom is -0.383 e. The zero-order chi connectivity index (χ0) is 28.1. The van der Waals surface area contributed by atoms with Crippen LogP contribution >= 0.6 is 0 Å². The largest absolute Gasteiger partial charge is 0.383 e. The van der Waals surface area contributed by atoms with Crippen LogP contribution < -0.4 is 21.7 Å². The fraction of sp³-hybridized carbons (Fsp3) is 0.400. The summed E-state index contributed by atoms with van der Waals surface area (Å²) in [7, 11) is 0. The second-order valence-corrected chi connectivity index (χ2v) is 10.7. The molecule has 5 atom stereocenters. The number of pyridine rings is 1. The van der Waals surface area contributed by atoms with E-state index in [1.807, 2.05) is 60.7 Å². The van der Waals surface area contributed by atoms with Crippen molar-refractivity contribution in [1.82, 2.24) is 20.5 Å². The molecule has 0 unspecified atom stereocenters. The molecule has 10 nitrogen and oxygen atoms in total. The number of nitrogens with two attached hydrogens (primary N) is 1. The van der Waals surface area contributed by atoms with E-state index >= 15 is 0 Å². The molecule has 3 heterocycles. The molecule has 210 valence electrons. The third-order valence-corrected chi connectivity index (χ3v) is 7.69. The SMILES string of the molecule is N[C@@H]1CCN[C@H](C(=O)N2C[C@H](NC(=O)[C@H](O)CCc3ccccc3)C[C@H]2C(=O)Nc2cnc3ccccc3c2)C1. The fourth-order valence-corrected chi connectivity index (χ4v) is 5.51. The Bertz CT molecular complexity index is 1350. The lowest BCUT2D eigenvalue weighted by Gasteiger charge is -2.32. The van der Waals surface area contributed by atoms with Crippen LogP contribution in [0, 0.1) is 0 Å². The smallest absolute Gasteiger partial charge is 0.249 e. The van der Waals surface area contributed by atoms with Crippen LogP contribution in [0.2, 0.25) is 0 Å². The Kier molecular flexibility index (Phi) is 8.69. The van der Waals surface area contributed by atoms with Gasteiger partial charge in [0.1, 0.15) is 12.1 Å². The number of nitrogens with one attached hydrogen (secondary N) is 3. The summed E-state index contributed by atoms with van der Waals surface area (Å²) in [5.74, 6) is -1.08. The number of likely N-dealkylation sites (tertiary alicyclic amines) is 1. The molecule has 3 aromatic rings. The van der Waals surface area contributed by atoms with Crippen LogP contribution in [0.4, 0.5) is 5.69 Å². The number of fused-ring (bicyclic) bond motifs is 1. The van der Waals surface area contributed by atoms with Gasteiger partial charge in [-0.3, -0.25) is 19.4 Å². The van der Waals surface area contributed by atoms with Gasteiger partial charge in [-0.15, -0.1) is 0 Å². The Morgan fingerprint density at radius 3 is 2.67 bits per heavy atom. The Hall–Kier alpha value is -3.86. The molecule has 0 bridgehead atoms. The van der Waals surface area contributed by atoms with Crippen molar-refractivity contribution in [3.8, 4) is 0 Å². The number of anilines is 1. The van der Waals surface area contributed by atoms with Gasteiger partial charge >= 0.3 is 0 Å². The van der Waals surface area contributed by atoms with Gasteiger partial charge in [-0.2, -0.15) is 0 Å². The molecule has 0 aliphatic carbocycles. The van der Waals surface area contributed by atoms with Crippen LogP contribution in [0.25, 0.3) is 10.9 Å². The molecule has 2 aromatic carbocycles. The summed E-state index contributed by atoms with van der Waals surface area (Å²) in [5.41, 5.74) is 8.49. The molecule has 2 aliphatic heterocycles. The van der Waals surface area contributed by atoms with Crippen LogP contribution in [0.5, 0.6) is 0 Å². The number of hydrogen-bond acceptors (Lipinski definition) is 7. The van der Waals surface area contributed by atoms with Gasteiger partial charge in [-0.05, 0) is 56.3 Å². The number of carbonyl (C=O) groups excluding carboxylic acids is 3. The number of aromatic nitrogens is 1. The number of aliphatic hydroxyl groups excluding tert-OH is 1. The molecule has 2 saturated heterocycles. The molecule has 0 spiro atoms. The molecule has 3 amide bonds. The Morgan fingerprint density at radius 2 is 1.88 bits per heavy atom. The first kappa shape index (κ1) is 27.7. The van der Waals surface area contributed by atoms with Gasteiger partial charge in [-0.1, -0.05) is 48.5 Å². The molecule has 0 radical (unpaired) electrons. The summed E-state index contributed by atoms with van der Waals surface area (Å²) in [6.07, 6.45) is 2.71. The van der Waals surface area contributed by atoms with Gasteiger partial charge in [-0.25, -0.2) is 0 Å².